The van der Waals surface area contributed by atoms with Crippen molar-refractivity contribution < 1.29 is 27.4 Å². The van der Waals surface area contributed by atoms with Crippen molar-refractivity contribution >= 4 is 38.8 Å². The van der Waals surface area contributed by atoms with Gasteiger partial charge in [-0.3, -0.25) is 4.79 Å². The molecule has 0 saturated heterocycles. The van der Waals surface area contributed by atoms with Crippen LogP contribution in [0, 0.1) is 6.92 Å². The van der Waals surface area contributed by atoms with Gasteiger partial charge >= 0.3 is 0 Å². The van der Waals surface area contributed by atoms with Crippen molar-refractivity contribution in [1.29, 1.82) is 0 Å². The molecule has 1 amide bonds. The summed E-state index contributed by atoms with van der Waals surface area (Å²) < 4.78 is 46.0. The van der Waals surface area contributed by atoms with E-state index in [1.54, 1.807) is 68.5 Å². The van der Waals surface area contributed by atoms with Crippen LogP contribution in [0.1, 0.15) is 48.2 Å². The van der Waals surface area contributed by atoms with Crippen LogP contribution in [0.2, 0.25) is 0 Å². The molecule has 11 nitrogen and oxygen atoms in total. The van der Waals surface area contributed by atoms with Crippen molar-refractivity contribution in [3.8, 4) is 22.9 Å². The van der Waals surface area contributed by atoms with Crippen molar-refractivity contribution in [2.24, 2.45) is 4.99 Å². The highest BCUT2D eigenvalue weighted by Crippen LogP contribution is 2.52. The number of hydrogen-bond donors (Lipinski definition) is 1. The molecule has 1 N–H and O–H groups in total. The summed E-state index contributed by atoms with van der Waals surface area (Å²) in [6.07, 6.45) is 0. The Morgan fingerprint density at radius 2 is 1.47 bits per heavy atom. The Labute approximate surface area is 284 Å². The van der Waals surface area contributed by atoms with Crippen LogP contribution in [0.25, 0.3) is 5.69 Å². The number of carbonyl (C=O) groups excluding carboxylic acids is 1. The van der Waals surface area contributed by atoms with Gasteiger partial charge in [-0.1, -0.05) is 38.1 Å². The van der Waals surface area contributed by atoms with Gasteiger partial charge in [0.05, 0.1) is 59.9 Å². The van der Waals surface area contributed by atoms with E-state index in [-0.39, 0.29) is 27.5 Å². The number of aryl methyl sites for hydroxylation is 1. The average molecular weight is 678 g/mol. The van der Waals surface area contributed by atoms with Gasteiger partial charge < -0.3 is 24.4 Å². The van der Waals surface area contributed by atoms with Crippen LogP contribution < -0.4 is 24.4 Å². The third-order valence-corrected chi connectivity index (χ3v) is 10.7. The quantitative estimate of drug-likeness (QED) is 0.191. The highest BCUT2D eigenvalue weighted by Gasteiger charge is 2.44. The van der Waals surface area contributed by atoms with Gasteiger partial charge in [-0.25, -0.2) is 18.1 Å². The van der Waals surface area contributed by atoms with E-state index in [0.29, 0.717) is 45.7 Å². The molecule has 0 radical (unpaired) electrons. The molecular weight excluding hydrogens is 643 g/mol. The number of methoxy groups -OCH3 is 3. The smallest absolute Gasteiger partial charge is 0.291 e. The van der Waals surface area contributed by atoms with Crippen LogP contribution in [0.5, 0.6) is 17.2 Å². The summed E-state index contributed by atoms with van der Waals surface area (Å²) in [7, 11) is 0.892. The zero-order valence-electron chi connectivity index (χ0n) is 27.9. The molecule has 0 bridgehead atoms. The maximum Gasteiger partial charge on any atom is 0.291 e. The molecule has 0 saturated carbocycles. The first-order chi connectivity index (χ1) is 23.6. The summed E-state index contributed by atoms with van der Waals surface area (Å²) in [6, 6.07) is 24.1. The highest BCUT2D eigenvalue weighted by atomic mass is 32.2. The van der Waals surface area contributed by atoms with Gasteiger partial charge in [-0.05, 0) is 79.1 Å². The number of amides is 1. The number of ether oxygens (including phenoxy) is 3. The maximum absolute atomic E-state index is 13.7. The van der Waals surface area contributed by atoms with E-state index in [2.05, 4.69) is 19.2 Å². The molecule has 0 fully saturated rings. The predicted molar refractivity (Wildman–Crippen MR) is 187 cm³/mol. The molecule has 0 aliphatic carbocycles. The number of aliphatic imine (C=N–C) groups is 1. The molecule has 4 aromatic carbocycles. The Bertz CT molecular complexity index is 2240. The molecule has 5 aromatic rings. The van der Waals surface area contributed by atoms with Gasteiger partial charge in [0.25, 0.3) is 5.91 Å². The van der Waals surface area contributed by atoms with Crippen LogP contribution in [0.4, 0.5) is 17.2 Å². The topological polar surface area (TPSA) is 124 Å². The van der Waals surface area contributed by atoms with Gasteiger partial charge in [0.15, 0.2) is 17.3 Å². The molecule has 2 aliphatic rings. The first kappa shape index (κ1) is 32.0. The van der Waals surface area contributed by atoms with E-state index >= 15 is 0 Å². The summed E-state index contributed by atoms with van der Waals surface area (Å²) >= 11 is 0. The summed E-state index contributed by atoms with van der Waals surface area (Å²) in [5, 5.41) is 7.85. The second kappa shape index (κ2) is 12.1. The molecule has 1 atom stereocenters. The van der Waals surface area contributed by atoms with Crippen molar-refractivity contribution in [3.05, 3.63) is 107 Å². The van der Waals surface area contributed by atoms with Gasteiger partial charge in [-0.2, -0.15) is 5.10 Å². The lowest BCUT2D eigenvalue weighted by atomic mass is 9.92. The normalized spacial score (nSPS) is 15.2. The third kappa shape index (κ3) is 5.10. The van der Waals surface area contributed by atoms with Gasteiger partial charge in [-0.15, -0.1) is 0 Å². The van der Waals surface area contributed by atoms with Crippen LogP contribution in [0.3, 0.4) is 0 Å². The standard InChI is InChI=1S/C37H35N5O6S/c1-21(2)23-11-15-25(16-12-23)49(44,45)26-17-13-24(14-18-26)42-35-31(22(3)40-42)32(27-19-20-30(46-4)34(48-6)33(27)47-5)41-29-10-8-7-9-28(29)38-37(43)36(41)39-35/h7-21,32H,1-6H3,(H,38,43)/t32-/m1/s1. The Hall–Kier alpha value is -5.62. The Morgan fingerprint density at radius 1 is 0.816 bits per heavy atom. The first-order valence-corrected chi connectivity index (χ1v) is 17.2. The molecular formula is C37H35N5O6S. The van der Waals surface area contributed by atoms with Crippen LogP contribution in [0.15, 0.2) is 99.7 Å². The number of hydrogen-bond acceptors (Lipinski definition) is 9. The highest BCUT2D eigenvalue weighted by molar-refractivity contribution is 7.91. The molecule has 1 aromatic heterocycles. The number of fused-ring (bicyclic) bond motifs is 4. The molecule has 250 valence electrons. The van der Waals surface area contributed by atoms with E-state index in [1.165, 1.54) is 0 Å². The van der Waals surface area contributed by atoms with Gasteiger partial charge in [0, 0.05) is 11.1 Å². The van der Waals surface area contributed by atoms with E-state index in [4.69, 9.17) is 24.3 Å². The van der Waals surface area contributed by atoms with Crippen molar-refractivity contribution in [1.82, 2.24) is 9.78 Å². The number of anilines is 2. The minimum absolute atomic E-state index is 0.153. The lowest BCUT2D eigenvalue weighted by molar-refractivity contribution is -0.110. The fourth-order valence-electron chi connectivity index (χ4n) is 6.49. The lowest BCUT2D eigenvalue weighted by Gasteiger charge is -2.41. The number of nitrogens with one attached hydrogen (secondary N) is 1. The SMILES string of the molecule is COc1ccc([C@@H]2c3c(C)nn(-c4ccc(S(=O)(=O)c5ccc(C(C)C)cc5)cc4)c3N=C3C(=O)Nc4ccccc4N32)c(OC)c1OC. The van der Waals surface area contributed by atoms with Crippen molar-refractivity contribution in [2.45, 2.75) is 42.5 Å². The number of benzene rings is 4. The van der Waals surface area contributed by atoms with E-state index in [0.717, 1.165) is 16.8 Å². The molecule has 49 heavy (non-hydrogen) atoms. The number of para-hydroxylation sites is 2. The second-order valence-electron chi connectivity index (χ2n) is 12.1. The zero-order chi connectivity index (χ0) is 34.6. The van der Waals surface area contributed by atoms with E-state index < -0.39 is 15.9 Å². The average Bonchev–Trinajstić information content (AvgIpc) is 3.45. The summed E-state index contributed by atoms with van der Waals surface area (Å²) in [5.41, 5.74) is 5.12. The van der Waals surface area contributed by atoms with Crippen molar-refractivity contribution in [2.75, 3.05) is 31.5 Å². The largest absolute Gasteiger partial charge is 0.493 e. The summed E-state index contributed by atoms with van der Waals surface area (Å²) in [6.45, 7) is 6.00. The predicted octanol–water partition coefficient (Wildman–Crippen LogP) is 6.75. The number of rotatable bonds is 8. The summed E-state index contributed by atoms with van der Waals surface area (Å²) in [5.74, 6) is 1.83. The third-order valence-electron chi connectivity index (χ3n) is 8.95. The first-order valence-electron chi connectivity index (χ1n) is 15.7. The Kier molecular flexibility index (Phi) is 7.90. The zero-order valence-corrected chi connectivity index (χ0v) is 28.7. The molecule has 2 aliphatic heterocycles. The fraction of sp³-hybridized carbons (Fsp3) is 0.216. The minimum Gasteiger partial charge on any atom is -0.493 e. The van der Waals surface area contributed by atoms with Gasteiger partial charge in [0.2, 0.25) is 21.4 Å². The molecule has 12 heteroatoms. The van der Waals surface area contributed by atoms with Crippen LogP contribution in [-0.4, -0.2) is 51.3 Å². The Morgan fingerprint density at radius 3 is 2.10 bits per heavy atom. The van der Waals surface area contributed by atoms with E-state index in [9.17, 15) is 13.2 Å². The lowest BCUT2D eigenvalue weighted by Crippen LogP contribution is -2.48. The molecule has 3 heterocycles. The number of aromatic nitrogens is 2. The molecule has 0 spiro atoms. The van der Waals surface area contributed by atoms with Crippen LogP contribution >= 0.6 is 0 Å². The second-order valence-corrected chi connectivity index (χ2v) is 14.0. The maximum atomic E-state index is 13.7. The molecule has 0 unspecified atom stereocenters. The number of carbonyl (C=O) groups is 1. The summed E-state index contributed by atoms with van der Waals surface area (Å²) in [4.78, 5) is 20.9. The Balaban J connectivity index is 1.39. The number of sulfone groups is 1. The number of nitrogens with zero attached hydrogens (tertiary/aromatic N) is 4. The van der Waals surface area contributed by atoms with Gasteiger partial charge in [0.1, 0.15) is 0 Å². The van der Waals surface area contributed by atoms with Crippen molar-refractivity contribution in [3.63, 3.8) is 0 Å². The monoisotopic (exact) mass is 677 g/mol. The van der Waals surface area contributed by atoms with Crippen LogP contribution in [-0.2, 0) is 14.6 Å². The molecule has 7 rings (SSSR count). The fourth-order valence-corrected chi connectivity index (χ4v) is 7.75. The number of amidine groups is 1. The van der Waals surface area contributed by atoms with E-state index in [1.807, 2.05) is 54.3 Å². The minimum atomic E-state index is -3.76.